The molecule has 1 aromatic carbocycles. The highest BCUT2D eigenvalue weighted by Crippen LogP contribution is 2.29. The molecule has 0 aliphatic heterocycles. The standard InChI is InChI=1S/C13H20N2S/c1-13(2,3)16-9-11(12(14)15)10-7-5-4-6-8-10/h4-8,11H,9H2,1-3H3,(H3,14,15). The number of thioether (sulfide) groups is 1. The lowest BCUT2D eigenvalue weighted by Gasteiger charge is -2.22. The summed E-state index contributed by atoms with van der Waals surface area (Å²) in [6.07, 6.45) is 0. The fraction of sp³-hybridized carbons (Fsp3) is 0.462. The van der Waals surface area contributed by atoms with E-state index in [2.05, 4.69) is 20.8 Å². The number of amidine groups is 1. The van der Waals surface area contributed by atoms with Crippen molar-refractivity contribution in [1.82, 2.24) is 0 Å². The van der Waals surface area contributed by atoms with E-state index in [0.29, 0.717) is 0 Å². The molecule has 0 saturated carbocycles. The van der Waals surface area contributed by atoms with Crippen LogP contribution in [0, 0.1) is 5.41 Å². The fourth-order valence-corrected chi connectivity index (χ4v) is 2.42. The van der Waals surface area contributed by atoms with Crippen molar-refractivity contribution < 1.29 is 0 Å². The first-order chi connectivity index (χ1) is 7.40. The summed E-state index contributed by atoms with van der Waals surface area (Å²) in [7, 11) is 0. The molecule has 0 heterocycles. The molecular formula is C13H20N2S. The van der Waals surface area contributed by atoms with Crippen molar-refractivity contribution in [2.45, 2.75) is 31.4 Å². The second-order valence-corrected chi connectivity index (χ2v) is 6.69. The normalized spacial score (nSPS) is 13.4. The summed E-state index contributed by atoms with van der Waals surface area (Å²) in [5, 5.41) is 7.66. The number of hydrogen-bond donors (Lipinski definition) is 2. The Bertz CT molecular complexity index is 341. The topological polar surface area (TPSA) is 49.9 Å². The summed E-state index contributed by atoms with van der Waals surface area (Å²) >= 11 is 1.84. The van der Waals surface area contributed by atoms with Crippen molar-refractivity contribution in [3.8, 4) is 0 Å². The van der Waals surface area contributed by atoms with Gasteiger partial charge in [0.05, 0.1) is 5.84 Å². The Balaban J connectivity index is 2.74. The van der Waals surface area contributed by atoms with Gasteiger partial charge in [0.1, 0.15) is 0 Å². The first-order valence-corrected chi connectivity index (χ1v) is 6.41. The number of hydrogen-bond acceptors (Lipinski definition) is 2. The molecular weight excluding hydrogens is 216 g/mol. The maximum Gasteiger partial charge on any atom is 0.0990 e. The van der Waals surface area contributed by atoms with Gasteiger partial charge in [-0.25, -0.2) is 0 Å². The van der Waals surface area contributed by atoms with E-state index in [9.17, 15) is 0 Å². The molecule has 0 radical (unpaired) electrons. The van der Waals surface area contributed by atoms with E-state index in [1.165, 1.54) is 0 Å². The van der Waals surface area contributed by atoms with Gasteiger partial charge in [-0.2, -0.15) is 11.8 Å². The van der Waals surface area contributed by atoms with Crippen LogP contribution in [0.3, 0.4) is 0 Å². The van der Waals surface area contributed by atoms with E-state index in [-0.39, 0.29) is 16.5 Å². The molecule has 3 heteroatoms. The van der Waals surface area contributed by atoms with Gasteiger partial charge in [0.2, 0.25) is 0 Å². The van der Waals surface area contributed by atoms with Crippen LogP contribution in [0.25, 0.3) is 0 Å². The first-order valence-electron chi connectivity index (χ1n) is 5.43. The molecule has 0 aromatic heterocycles. The molecule has 0 fully saturated rings. The summed E-state index contributed by atoms with van der Waals surface area (Å²) < 4.78 is 0.211. The minimum atomic E-state index is 0.0328. The van der Waals surface area contributed by atoms with Gasteiger partial charge in [-0.15, -0.1) is 0 Å². The molecule has 0 aliphatic rings. The van der Waals surface area contributed by atoms with Gasteiger partial charge >= 0.3 is 0 Å². The lowest BCUT2D eigenvalue weighted by atomic mass is 10.0. The zero-order valence-electron chi connectivity index (χ0n) is 10.2. The van der Waals surface area contributed by atoms with Crippen LogP contribution >= 0.6 is 11.8 Å². The van der Waals surface area contributed by atoms with Gasteiger partial charge in [0.25, 0.3) is 0 Å². The van der Waals surface area contributed by atoms with E-state index in [0.717, 1.165) is 11.3 Å². The van der Waals surface area contributed by atoms with Crippen molar-refractivity contribution in [2.24, 2.45) is 5.73 Å². The first kappa shape index (κ1) is 13.1. The fourth-order valence-electron chi connectivity index (χ4n) is 1.38. The van der Waals surface area contributed by atoms with Gasteiger partial charge in [-0.3, -0.25) is 5.41 Å². The van der Waals surface area contributed by atoms with E-state index in [4.69, 9.17) is 11.1 Å². The summed E-state index contributed by atoms with van der Waals surface area (Å²) in [5.74, 6) is 1.15. The smallest absolute Gasteiger partial charge is 0.0990 e. The molecule has 0 aliphatic carbocycles. The van der Waals surface area contributed by atoms with Crippen molar-refractivity contribution >= 4 is 17.6 Å². The third kappa shape index (κ3) is 4.27. The minimum absolute atomic E-state index is 0.0328. The van der Waals surface area contributed by atoms with Crippen molar-refractivity contribution in [3.63, 3.8) is 0 Å². The van der Waals surface area contributed by atoms with E-state index < -0.39 is 0 Å². The van der Waals surface area contributed by atoms with Crippen molar-refractivity contribution in [1.29, 1.82) is 5.41 Å². The van der Waals surface area contributed by atoms with Gasteiger partial charge in [0.15, 0.2) is 0 Å². The summed E-state index contributed by atoms with van der Waals surface area (Å²) in [5.41, 5.74) is 6.80. The summed E-state index contributed by atoms with van der Waals surface area (Å²) in [6.45, 7) is 6.54. The van der Waals surface area contributed by atoms with Gasteiger partial charge in [-0.05, 0) is 5.56 Å². The van der Waals surface area contributed by atoms with Crippen LogP contribution < -0.4 is 5.73 Å². The zero-order valence-corrected chi connectivity index (χ0v) is 11.0. The van der Waals surface area contributed by atoms with Crippen LogP contribution in [0.5, 0.6) is 0 Å². The molecule has 0 saturated heterocycles. The molecule has 88 valence electrons. The molecule has 0 bridgehead atoms. The Kier molecular flexibility index (Phi) is 4.42. The van der Waals surface area contributed by atoms with Crippen LogP contribution in [0.15, 0.2) is 30.3 Å². The maximum absolute atomic E-state index is 7.66. The van der Waals surface area contributed by atoms with Crippen LogP contribution in [0.2, 0.25) is 0 Å². The second kappa shape index (κ2) is 5.39. The quantitative estimate of drug-likeness (QED) is 0.623. The molecule has 2 nitrogen and oxygen atoms in total. The molecule has 1 unspecified atom stereocenters. The van der Waals surface area contributed by atoms with Crippen molar-refractivity contribution in [3.05, 3.63) is 35.9 Å². The number of rotatable bonds is 4. The molecule has 1 aromatic rings. The Morgan fingerprint density at radius 2 is 1.88 bits per heavy atom. The van der Waals surface area contributed by atoms with Gasteiger partial charge in [0, 0.05) is 16.4 Å². The van der Waals surface area contributed by atoms with Crippen LogP contribution in [-0.4, -0.2) is 16.3 Å². The third-order valence-corrected chi connectivity index (χ3v) is 3.63. The van der Waals surface area contributed by atoms with E-state index >= 15 is 0 Å². The SMILES string of the molecule is CC(C)(C)SCC(C(=N)N)c1ccccc1. The average Bonchev–Trinajstić information content (AvgIpc) is 2.17. The predicted molar refractivity (Wildman–Crippen MR) is 73.3 cm³/mol. The third-order valence-electron chi connectivity index (χ3n) is 2.26. The van der Waals surface area contributed by atoms with Crippen LogP contribution in [-0.2, 0) is 0 Å². The molecule has 3 N–H and O–H groups in total. The monoisotopic (exact) mass is 236 g/mol. The number of nitrogens with one attached hydrogen (secondary N) is 1. The lowest BCUT2D eigenvalue weighted by molar-refractivity contribution is 0.799. The Labute approximate surface area is 102 Å². The maximum atomic E-state index is 7.66. The average molecular weight is 236 g/mol. The molecule has 1 rings (SSSR count). The zero-order chi connectivity index (χ0) is 12.2. The number of nitrogens with two attached hydrogens (primary N) is 1. The predicted octanol–water partition coefficient (Wildman–Crippen LogP) is 3.24. The summed E-state index contributed by atoms with van der Waals surface area (Å²) in [6, 6.07) is 10.0. The highest BCUT2D eigenvalue weighted by atomic mass is 32.2. The molecule has 0 spiro atoms. The highest BCUT2D eigenvalue weighted by molar-refractivity contribution is 8.00. The Morgan fingerprint density at radius 1 is 1.31 bits per heavy atom. The Morgan fingerprint density at radius 3 is 2.31 bits per heavy atom. The highest BCUT2D eigenvalue weighted by Gasteiger charge is 2.19. The molecule has 16 heavy (non-hydrogen) atoms. The van der Waals surface area contributed by atoms with Crippen molar-refractivity contribution in [2.75, 3.05) is 5.75 Å². The van der Waals surface area contributed by atoms with E-state index in [1.807, 2.05) is 42.1 Å². The minimum Gasteiger partial charge on any atom is -0.387 e. The van der Waals surface area contributed by atoms with Crippen LogP contribution in [0.4, 0.5) is 0 Å². The Hall–Kier alpha value is -0.960. The summed E-state index contributed by atoms with van der Waals surface area (Å²) in [4.78, 5) is 0. The second-order valence-electron chi connectivity index (χ2n) is 4.84. The number of benzene rings is 1. The molecule has 0 amide bonds. The largest absolute Gasteiger partial charge is 0.387 e. The van der Waals surface area contributed by atoms with Gasteiger partial charge < -0.3 is 5.73 Å². The van der Waals surface area contributed by atoms with Crippen LogP contribution in [0.1, 0.15) is 32.3 Å². The lowest BCUT2D eigenvalue weighted by Crippen LogP contribution is -2.24. The molecule has 1 atom stereocenters. The van der Waals surface area contributed by atoms with E-state index in [1.54, 1.807) is 0 Å². The van der Waals surface area contributed by atoms with Gasteiger partial charge in [-0.1, -0.05) is 51.1 Å².